The van der Waals surface area contributed by atoms with Crippen molar-refractivity contribution in [2.45, 2.75) is 6.18 Å². The Morgan fingerprint density at radius 1 is 1.17 bits per heavy atom. The lowest BCUT2D eigenvalue weighted by Crippen LogP contribution is -2.43. The van der Waals surface area contributed by atoms with Crippen molar-refractivity contribution >= 4 is 61.9 Å². The molecule has 0 unspecified atom stereocenters. The average Bonchev–Trinajstić information content (AvgIpc) is 3.01. The van der Waals surface area contributed by atoms with Crippen LogP contribution in [0.3, 0.4) is 0 Å². The van der Waals surface area contributed by atoms with Crippen molar-refractivity contribution in [2.24, 2.45) is 0 Å². The second-order valence-corrected chi connectivity index (χ2v) is 7.56. The molecule has 0 aliphatic heterocycles. The number of alkyl halides is 3. The Kier molecular flexibility index (Phi) is 6.15. The fourth-order valence-corrected chi connectivity index (χ4v) is 4.03. The summed E-state index contributed by atoms with van der Waals surface area (Å²) in [5, 5.41) is 3.47. The van der Waals surface area contributed by atoms with Gasteiger partial charge in [0, 0.05) is 15.8 Å². The summed E-state index contributed by atoms with van der Waals surface area (Å²) in [7, 11) is 1.53. The van der Waals surface area contributed by atoms with E-state index in [9.17, 15) is 18.0 Å². The van der Waals surface area contributed by atoms with Crippen LogP contribution in [-0.2, 0) is 6.18 Å². The van der Waals surface area contributed by atoms with Gasteiger partial charge in [0.25, 0.3) is 5.91 Å². The number of rotatable bonds is 3. The molecular formula is C18H13ClF3N3O2S2. The number of ether oxygens (including phenoxy) is 1. The van der Waals surface area contributed by atoms with E-state index >= 15 is 0 Å². The van der Waals surface area contributed by atoms with E-state index in [-0.39, 0.29) is 20.7 Å². The molecule has 2 aromatic carbocycles. The number of anilines is 1. The van der Waals surface area contributed by atoms with Gasteiger partial charge in [0.05, 0.1) is 17.7 Å². The zero-order chi connectivity index (χ0) is 21.2. The molecule has 0 radical (unpaired) electrons. The van der Waals surface area contributed by atoms with Gasteiger partial charge >= 0.3 is 6.18 Å². The highest BCUT2D eigenvalue weighted by Crippen LogP contribution is 2.37. The highest BCUT2D eigenvalue weighted by Gasteiger charge is 2.30. The van der Waals surface area contributed by atoms with E-state index < -0.39 is 17.6 Å². The quantitative estimate of drug-likeness (QED) is 0.370. The lowest BCUT2D eigenvalue weighted by atomic mass is 10.2. The van der Waals surface area contributed by atoms with Crippen LogP contribution < -0.4 is 20.9 Å². The molecule has 0 aliphatic rings. The molecule has 3 rings (SSSR count). The van der Waals surface area contributed by atoms with Crippen molar-refractivity contribution in [2.75, 3.05) is 12.4 Å². The van der Waals surface area contributed by atoms with E-state index in [2.05, 4.69) is 16.2 Å². The maximum Gasteiger partial charge on any atom is 0.416 e. The molecule has 152 valence electrons. The van der Waals surface area contributed by atoms with Crippen LogP contribution in [0.1, 0.15) is 15.2 Å². The first-order valence-electron chi connectivity index (χ1n) is 7.99. The third-order valence-corrected chi connectivity index (χ3v) is 5.64. The van der Waals surface area contributed by atoms with Crippen LogP contribution in [0.25, 0.3) is 10.1 Å². The van der Waals surface area contributed by atoms with Gasteiger partial charge in [-0.1, -0.05) is 17.7 Å². The number of hydrazine groups is 1. The molecule has 3 aromatic rings. The number of carbonyl (C=O) groups is 1. The summed E-state index contributed by atoms with van der Waals surface area (Å²) in [6.45, 7) is 0. The molecular weight excluding hydrogens is 447 g/mol. The number of hydrogen-bond donors (Lipinski definition) is 3. The normalized spacial score (nSPS) is 11.2. The van der Waals surface area contributed by atoms with Gasteiger partial charge < -0.3 is 10.1 Å². The van der Waals surface area contributed by atoms with Crippen molar-refractivity contribution in [1.82, 2.24) is 10.9 Å². The predicted molar refractivity (Wildman–Crippen MR) is 112 cm³/mol. The molecule has 0 aliphatic carbocycles. The molecule has 0 saturated heterocycles. The van der Waals surface area contributed by atoms with Gasteiger partial charge in [0.2, 0.25) is 0 Å². The average molecular weight is 460 g/mol. The van der Waals surface area contributed by atoms with E-state index in [1.807, 2.05) is 0 Å². The highest BCUT2D eigenvalue weighted by atomic mass is 35.5. The zero-order valence-electron chi connectivity index (χ0n) is 14.7. The monoisotopic (exact) mass is 459 g/mol. The third-order valence-electron chi connectivity index (χ3n) is 3.78. The Bertz CT molecular complexity index is 1090. The second-order valence-electron chi connectivity index (χ2n) is 5.72. The second kappa shape index (κ2) is 8.44. The van der Waals surface area contributed by atoms with Crippen LogP contribution in [0.2, 0.25) is 5.02 Å². The first-order chi connectivity index (χ1) is 13.7. The molecule has 1 aromatic heterocycles. The summed E-state index contributed by atoms with van der Waals surface area (Å²) >= 11 is 12.5. The molecule has 0 spiro atoms. The molecule has 5 nitrogen and oxygen atoms in total. The van der Waals surface area contributed by atoms with E-state index in [0.717, 1.165) is 16.8 Å². The van der Waals surface area contributed by atoms with E-state index in [1.165, 1.54) is 30.6 Å². The van der Waals surface area contributed by atoms with Crippen LogP contribution in [0, 0.1) is 0 Å². The number of benzene rings is 2. The topological polar surface area (TPSA) is 62.4 Å². The number of hydrogen-bond acceptors (Lipinski definition) is 4. The smallest absolute Gasteiger partial charge is 0.416 e. The minimum Gasteiger partial charge on any atom is -0.497 e. The number of methoxy groups -OCH3 is 1. The first-order valence-corrected chi connectivity index (χ1v) is 9.60. The summed E-state index contributed by atoms with van der Waals surface area (Å²) in [6.07, 6.45) is -4.47. The molecule has 29 heavy (non-hydrogen) atoms. The number of carbonyl (C=O) groups excluding carboxylic acids is 1. The SMILES string of the molecule is COc1ccc2c(Cl)c(C(=O)NNC(=S)Nc3cccc(C(F)(F)F)c3)sc2c1. The van der Waals surface area contributed by atoms with Crippen LogP contribution in [0.4, 0.5) is 18.9 Å². The minimum absolute atomic E-state index is 0.0865. The lowest BCUT2D eigenvalue weighted by molar-refractivity contribution is -0.137. The Morgan fingerprint density at radius 2 is 1.93 bits per heavy atom. The summed E-state index contributed by atoms with van der Waals surface area (Å²) in [5.41, 5.74) is 4.12. The maximum absolute atomic E-state index is 12.8. The van der Waals surface area contributed by atoms with Crippen LogP contribution in [-0.4, -0.2) is 18.1 Å². The van der Waals surface area contributed by atoms with E-state index in [0.29, 0.717) is 11.1 Å². The Labute approximate surface area is 177 Å². The molecule has 0 fully saturated rings. The van der Waals surface area contributed by atoms with Gasteiger partial charge in [-0.3, -0.25) is 15.6 Å². The van der Waals surface area contributed by atoms with Crippen molar-refractivity contribution in [3.63, 3.8) is 0 Å². The molecule has 3 N–H and O–H groups in total. The lowest BCUT2D eigenvalue weighted by Gasteiger charge is -2.13. The zero-order valence-corrected chi connectivity index (χ0v) is 17.1. The first kappa shape index (κ1) is 21.2. The van der Waals surface area contributed by atoms with Gasteiger partial charge in [0.15, 0.2) is 5.11 Å². The number of amides is 1. The van der Waals surface area contributed by atoms with Gasteiger partial charge in [-0.2, -0.15) is 13.2 Å². The van der Waals surface area contributed by atoms with Crippen LogP contribution in [0.5, 0.6) is 5.75 Å². The summed E-state index contributed by atoms with van der Waals surface area (Å²) in [4.78, 5) is 12.7. The highest BCUT2D eigenvalue weighted by molar-refractivity contribution is 7.80. The van der Waals surface area contributed by atoms with E-state index in [4.69, 9.17) is 28.6 Å². The molecule has 0 saturated carbocycles. The fraction of sp³-hybridized carbons (Fsp3) is 0.111. The van der Waals surface area contributed by atoms with Crippen LogP contribution >= 0.6 is 35.2 Å². The maximum atomic E-state index is 12.8. The Hall–Kier alpha value is -2.56. The van der Waals surface area contributed by atoms with Crippen LogP contribution in [0.15, 0.2) is 42.5 Å². The van der Waals surface area contributed by atoms with Crippen molar-refractivity contribution in [3.05, 3.63) is 57.9 Å². The number of thiophene rings is 1. The Morgan fingerprint density at radius 3 is 2.62 bits per heavy atom. The van der Waals surface area contributed by atoms with E-state index in [1.54, 1.807) is 18.2 Å². The molecule has 1 heterocycles. The number of nitrogens with one attached hydrogen (secondary N) is 3. The minimum atomic E-state index is -4.47. The van der Waals surface area contributed by atoms with Gasteiger partial charge in [-0.15, -0.1) is 11.3 Å². The Balaban J connectivity index is 1.66. The number of thiocarbonyl (C=S) groups is 1. The molecule has 1 amide bonds. The summed E-state index contributed by atoms with van der Waals surface area (Å²) < 4.78 is 44.2. The summed E-state index contributed by atoms with van der Waals surface area (Å²) in [5.74, 6) is 0.0929. The van der Waals surface area contributed by atoms with Crippen molar-refractivity contribution in [3.8, 4) is 5.75 Å². The molecule has 0 bridgehead atoms. The number of halogens is 4. The van der Waals surface area contributed by atoms with Gasteiger partial charge in [0.1, 0.15) is 10.6 Å². The van der Waals surface area contributed by atoms with Crippen molar-refractivity contribution in [1.29, 1.82) is 0 Å². The third kappa shape index (κ3) is 4.89. The fourth-order valence-electron chi connectivity index (χ4n) is 2.42. The van der Waals surface area contributed by atoms with Crippen molar-refractivity contribution < 1.29 is 22.7 Å². The van der Waals surface area contributed by atoms with Gasteiger partial charge in [-0.25, -0.2) is 0 Å². The predicted octanol–water partition coefficient (Wildman–Crippen LogP) is 5.21. The number of fused-ring (bicyclic) bond motifs is 1. The summed E-state index contributed by atoms with van der Waals surface area (Å²) in [6, 6.07) is 9.76. The standard InChI is InChI=1S/C18H13ClF3N3O2S2/c1-27-11-5-6-12-13(8-11)29-15(14(12)19)16(26)24-25-17(28)23-10-4-2-3-9(7-10)18(20,21)22/h2-8H,1H3,(H,24,26)(H2,23,25,28). The largest absolute Gasteiger partial charge is 0.497 e. The van der Waals surface area contributed by atoms with Gasteiger partial charge in [-0.05, 0) is 48.6 Å². The molecule has 11 heteroatoms. The molecule has 0 atom stereocenters.